The summed E-state index contributed by atoms with van der Waals surface area (Å²) in [4.78, 5) is 37.5. The van der Waals surface area contributed by atoms with Crippen molar-refractivity contribution in [1.82, 2.24) is 0 Å². The van der Waals surface area contributed by atoms with E-state index in [1.807, 2.05) is 21.1 Å². The molecule has 0 saturated heterocycles. The third-order valence-electron chi connectivity index (χ3n) is 9.46. The van der Waals surface area contributed by atoms with Crippen molar-refractivity contribution in [3.05, 3.63) is 24.3 Å². The molecule has 0 amide bonds. The summed E-state index contributed by atoms with van der Waals surface area (Å²) in [6.07, 6.45) is 39.2. The van der Waals surface area contributed by atoms with Gasteiger partial charge in [0.05, 0.1) is 27.7 Å². The number of carbonyl (C=O) groups excluding carboxylic acids is 2. The summed E-state index contributed by atoms with van der Waals surface area (Å²) in [5.41, 5.74) is 0. The topological polar surface area (TPSA) is 111 Å². The lowest BCUT2D eigenvalue weighted by molar-refractivity contribution is -0.870. The van der Waals surface area contributed by atoms with Crippen LogP contribution in [0.1, 0.15) is 194 Å². The molecule has 0 aliphatic heterocycles. The highest BCUT2D eigenvalue weighted by Crippen LogP contribution is 2.38. The first-order valence-electron chi connectivity index (χ1n) is 22.0. The Labute approximate surface area is 332 Å². The van der Waals surface area contributed by atoms with Gasteiger partial charge in [-0.15, -0.1) is 0 Å². The lowest BCUT2D eigenvalue weighted by Gasteiger charge is -2.28. The Morgan fingerprint density at radius 2 is 1.04 bits per heavy atom. The van der Waals surface area contributed by atoms with Crippen LogP contribution in [0.4, 0.5) is 0 Å². The highest BCUT2D eigenvalue weighted by atomic mass is 31.2. The van der Waals surface area contributed by atoms with E-state index < -0.39 is 26.5 Å². The van der Waals surface area contributed by atoms with Crippen molar-refractivity contribution in [1.29, 1.82) is 0 Å². The van der Waals surface area contributed by atoms with Gasteiger partial charge in [-0.2, -0.15) is 0 Å². The van der Waals surface area contributed by atoms with Gasteiger partial charge >= 0.3 is 11.9 Å². The number of rotatable bonds is 40. The van der Waals surface area contributed by atoms with Gasteiger partial charge in [0, 0.05) is 12.8 Å². The minimum Gasteiger partial charge on any atom is -0.756 e. The largest absolute Gasteiger partial charge is 0.756 e. The van der Waals surface area contributed by atoms with Crippen molar-refractivity contribution < 1.29 is 42.1 Å². The molecule has 0 aliphatic carbocycles. The Hall–Kier alpha value is -1.51. The zero-order valence-corrected chi connectivity index (χ0v) is 36.6. The van der Waals surface area contributed by atoms with Crippen molar-refractivity contribution >= 4 is 19.8 Å². The third kappa shape index (κ3) is 40.2. The third-order valence-corrected chi connectivity index (χ3v) is 10.4. The Morgan fingerprint density at radius 3 is 1.54 bits per heavy atom. The molecule has 0 heterocycles. The van der Waals surface area contributed by atoms with Crippen LogP contribution in [0.2, 0.25) is 0 Å². The smallest absolute Gasteiger partial charge is 0.306 e. The van der Waals surface area contributed by atoms with Gasteiger partial charge in [-0.05, 0) is 38.5 Å². The van der Waals surface area contributed by atoms with Crippen LogP contribution in [0.3, 0.4) is 0 Å². The summed E-state index contributed by atoms with van der Waals surface area (Å²) >= 11 is 0. The van der Waals surface area contributed by atoms with Crippen LogP contribution in [0.25, 0.3) is 0 Å². The molecule has 0 radical (unpaired) electrons. The van der Waals surface area contributed by atoms with Gasteiger partial charge in [-0.25, -0.2) is 0 Å². The fourth-order valence-electron chi connectivity index (χ4n) is 5.99. The zero-order valence-electron chi connectivity index (χ0n) is 35.7. The van der Waals surface area contributed by atoms with Crippen LogP contribution >= 0.6 is 7.82 Å². The van der Waals surface area contributed by atoms with E-state index in [1.165, 1.54) is 96.3 Å². The predicted octanol–water partition coefficient (Wildman–Crippen LogP) is 11.7. The predicted molar refractivity (Wildman–Crippen MR) is 222 cm³/mol. The maximum atomic E-state index is 12.6. The average molecular weight is 786 g/mol. The van der Waals surface area contributed by atoms with Crippen molar-refractivity contribution in [3.8, 4) is 0 Å². The minimum atomic E-state index is -4.62. The number of phosphoric ester groups is 1. The number of phosphoric acid groups is 1. The molecule has 0 bridgehead atoms. The van der Waals surface area contributed by atoms with Gasteiger partial charge in [0.2, 0.25) is 0 Å². The van der Waals surface area contributed by atoms with E-state index in [1.54, 1.807) is 0 Å². The highest BCUT2D eigenvalue weighted by molar-refractivity contribution is 7.45. The summed E-state index contributed by atoms with van der Waals surface area (Å²) in [5.74, 6) is -0.845. The van der Waals surface area contributed by atoms with Gasteiger partial charge in [-0.1, -0.05) is 167 Å². The molecule has 10 heteroatoms. The van der Waals surface area contributed by atoms with Crippen molar-refractivity contribution in [3.63, 3.8) is 0 Å². The van der Waals surface area contributed by atoms with E-state index >= 15 is 0 Å². The van der Waals surface area contributed by atoms with E-state index in [0.717, 1.165) is 64.2 Å². The number of quaternary nitrogens is 1. The molecule has 318 valence electrons. The van der Waals surface area contributed by atoms with Crippen LogP contribution < -0.4 is 4.89 Å². The molecular weight excluding hydrogens is 701 g/mol. The molecule has 0 aromatic rings. The summed E-state index contributed by atoms with van der Waals surface area (Å²) in [7, 11) is 1.16. The maximum Gasteiger partial charge on any atom is 0.306 e. The fourth-order valence-corrected chi connectivity index (χ4v) is 6.72. The van der Waals surface area contributed by atoms with Gasteiger partial charge in [0.25, 0.3) is 7.82 Å². The molecule has 2 unspecified atom stereocenters. The van der Waals surface area contributed by atoms with Crippen LogP contribution in [0.5, 0.6) is 0 Å². The van der Waals surface area contributed by atoms with E-state index in [9.17, 15) is 19.0 Å². The Kier molecular flexibility index (Phi) is 36.1. The fraction of sp³-hybridized carbons (Fsp3) is 0.864. The summed E-state index contributed by atoms with van der Waals surface area (Å²) in [6, 6.07) is 0. The second-order valence-electron chi connectivity index (χ2n) is 16.1. The van der Waals surface area contributed by atoms with Gasteiger partial charge in [0.15, 0.2) is 6.10 Å². The minimum absolute atomic E-state index is 0.0320. The SMILES string of the molecule is CCC/C=C\C/C=C\CCCCCCCC(=O)OC(COC(=O)CCCCCCCCCCCCCCCCCCC)COP(=O)([O-])OCC[N+](C)(C)C. The van der Waals surface area contributed by atoms with Crippen molar-refractivity contribution in [2.24, 2.45) is 0 Å². The lowest BCUT2D eigenvalue weighted by atomic mass is 10.0. The second-order valence-corrected chi connectivity index (χ2v) is 17.5. The summed E-state index contributed by atoms with van der Waals surface area (Å²) in [5, 5.41) is 0. The molecule has 0 saturated carbocycles. The molecule has 0 N–H and O–H groups in total. The number of ether oxygens (including phenoxy) is 2. The first-order chi connectivity index (χ1) is 26.0. The summed E-state index contributed by atoms with van der Waals surface area (Å²) in [6.45, 7) is 4.16. The second kappa shape index (κ2) is 37.1. The normalized spacial score (nSPS) is 13.8. The molecular formula is C44H84NO8P. The number of nitrogens with zero attached hydrogens (tertiary/aromatic N) is 1. The maximum absolute atomic E-state index is 12.6. The number of unbranched alkanes of at least 4 members (excludes halogenated alkanes) is 22. The number of hydrogen-bond donors (Lipinski definition) is 0. The van der Waals surface area contributed by atoms with Crippen LogP contribution in [0, 0.1) is 0 Å². The summed E-state index contributed by atoms with van der Waals surface area (Å²) < 4.78 is 33.9. The van der Waals surface area contributed by atoms with Crippen LogP contribution in [-0.2, 0) is 32.7 Å². The van der Waals surface area contributed by atoms with E-state index in [2.05, 4.69) is 38.2 Å². The quantitative estimate of drug-likeness (QED) is 0.0198. The molecule has 0 rings (SSSR count). The highest BCUT2D eigenvalue weighted by Gasteiger charge is 2.21. The molecule has 0 fully saturated rings. The first kappa shape index (κ1) is 52.5. The van der Waals surface area contributed by atoms with E-state index in [-0.39, 0.29) is 32.0 Å². The van der Waals surface area contributed by atoms with Gasteiger partial charge in [-0.3, -0.25) is 14.2 Å². The zero-order chi connectivity index (χ0) is 40.0. The molecule has 2 atom stereocenters. The number of hydrogen-bond acceptors (Lipinski definition) is 8. The molecule has 0 spiro atoms. The number of likely N-dealkylation sites (N-methyl/N-ethyl adjacent to an activating group) is 1. The average Bonchev–Trinajstić information content (AvgIpc) is 3.12. The number of carbonyl (C=O) groups is 2. The molecule has 54 heavy (non-hydrogen) atoms. The number of esters is 2. The Morgan fingerprint density at radius 1 is 0.574 bits per heavy atom. The number of allylic oxidation sites excluding steroid dienone is 4. The van der Waals surface area contributed by atoms with Crippen LogP contribution in [0.15, 0.2) is 24.3 Å². The Bertz CT molecular complexity index is 980. The standard InChI is InChI=1S/C44H84NO8P/c1-6-8-10-12-14-16-18-20-21-22-23-25-26-28-30-32-34-36-43(46)50-40-42(41-52-54(48,49)51-39-38-45(3,4)5)53-44(47)37-35-33-31-29-27-24-19-17-15-13-11-9-7-2/h11,13,17,19,42H,6-10,12,14-16,18,20-41H2,1-5H3/b13-11-,19-17-. The van der Waals surface area contributed by atoms with Gasteiger partial charge in [0.1, 0.15) is 19.8 Å². The molecule has 0 aromatic carbocycles. The van der Waals surface area contributed by atoms with Gasteiger partial charge < -0.3 is 27.9 Å². The van der Waals surface area contributed by atoms with E-state index in [0.29, 0.717) is 17.4 Å². The first-order valence-corrected chi connectivity index (χ1v) is 23.5. The lowest BCUT2D eigenvalue weighted by Crippen LogP contribution is -2.37. The monoisotopic (exact) mass is 786 g/mol. The van der Waals surface area contributed by atoms with Crippen molar-refractivity contribution in [2.75, 3.05) is 47.5 Å². The van der Waals surface area contributed by atoms with E-state index in [4.69, 9.17) is 18.5 Å². The Balaban J connectivity index is 4.32. The molecule has 0 aromatic heterocycles. The van der Waals surface area contributed by atoms with Crippen LogP contribution in [-0.4, -0.2) is 70.0 Å². The molecule has 9 nitrogen and oxygen atoms in total. The van der Waals surface area contributed by atoms with Crippen molar-refractivity contribution in [2.45, 2.75) is 200 Å². The molecule has 0 aliphatic rings.